The molecule has 0 radical (unpaired) electrons. The summed E-state index contributed by atoms with van der Waals surface area (Å²) in [6, 6.07) is 7.04. The van der Waals surface area contributed by atoms with Crippen LogP contribution in [-0.2, 0) is 0 Å². The highest BCUT2D eigenvalue weighted by Gasteiger charge is 2.12. The molecule has 0 N–H and O–H groups in total. The molecular weight excluding hydrogens is 196 g/mol. The topological polar surface area (TPSA) is 6.48 Å². The first kappa shape index (κ1) is 13.0. The van der Waals surface area contributed by atoms with E-state index < -0.39 is 0 Å². The van der Waals surface area contributed by atoms with Gasteiger partial charge in [0.05, 0.1) is 0 Å². The Morgan fingerprint density at radius 1 is 1.06 bits per heavy atom. The van der Waals surface area contributed by atoms with Crippen molar-refractivity contribution in [2.24, 2.45) is 0 Å². The zero-order valence-electron chi connectivity index (χ0n) is 11.4. The Hall–Kier alpha value is -1.02. The van der Waals surface area contributed by atoms with Gasteiger partial charge in [0, 0.05) is 25.3 Å². The third kappa shape index (κ3) is 2.99. The van der Waals surface area contributed by atoms with E-state index in [9.17, 15) is 0 Å². The molecule has 1 rings (SSSR count). The molecule has 1 unspecified atom stereocenters. The molecule has 0 amide bonds. The van der Waals surface area contributed by atoms with Gasteiger partial charge < -0.3 is 9.80 Å². The summed E-state index contributed by atoms with van der Waals surface area (Å²) >= 11 is 0. The van der Waals surface area contributed by atoms with Crippen molar-refractivity contribution in [3.63, 3.8) is 0 Å². The van der Waals surface area contributed by atoms with Crippen LogP contribution >= 0.6 is 0 Å². The zero-order chi connectivity index (χ0) is 12.3. The summed E-state index contributed by atoms with van der Waals surface area (Å²) in [5.74, 6) is 0. The second kappa shape index (κ2) is 5.35. The second-order valence-electron chi connectivity index (χ2n) is 4.93. The van der Waals surface area contributed by atoms with Gasteiger partial charge in [-0.25, -0.2) is 0 Å². The molecule has 0 saturated heterocycles. The summed E-state index contributed by atoms with van der Waals surface area (Å²) in [5, 5.41) is 0. The van der Waals surface area contributed by atoms with Crippen LogP contribution in [0.15, 0.2) is 18.2 Å². The summed E-state index contributed by atoms with van der Waals surface area (Å²) in [6.07, 6.45) is 0. The average molecular weight is 220 g/mol. The number of nitrogens with zero attached hydrogens (tertiary/aromatic N) is 2. The zero-order valence-corrected chi connectivity index (χ0v) is 11.4. The van der Waals surface area contributed by atoms with Crippen molar-refractivity contribution in [3.05, 3.63) is 29.3 Å². The monoisotopic (exact) mass is 220 g/mol. The van der Waals surface area contributed by atoms with Gasteiger partial charge in [0.2, 0.25) is 0 Å². The standard InChI is InChI=1S/C14H24N2/c1-11-8-7-9-12(2)14(11)16(6)10-13(3)15(4)5/h7-9,13H,10H2,1-6H3. The Bertz CT molecular complexity index is 324. The lowest BCUT2D eigenvalue weighted by atomic mass is 10.1. The summed E-state index contributed by atoms with van der Waals surface area (Å²) in [5.41, 5.74) is 4.08. The second-order valence-corrected chi connectivity index (χ2v) is 4.93. The van der Waals surface area contributed by atoms with Crippen molar-refractivity contribution < 1.29 is 0 Å². The normalized spacial score (nSPS) is 12.9. The molecule has 90 valence electrons. The average Bonchev–Trinajstić information content (AvgIpc) is 2.16. The third-order valence-corrected chi connectivity index (χ3v) is 3.24. The van der Waals surface area contributed by atoms with E-state index in [0.717, 1.165) is 6.54 Å². The van der Waals surface area contributed by atoms with Crippen LogP contribution in [0.5, 0.6) is 0 Å². The largest absolute Gasteiger partial charge is 0.373 e. The molecule has 0 aliphatic heterocycles. The molecule has 16 heavy (non-hydrogen) atoms. The van der Waals surface area contributed by atoms with Gasteiger partial charge in [-0.05, 0) is 46.0 Å². The number of para-hydroxylation sites is 1. The lowest BCUT2D eigenvalue weighted by Gasteiger charge is -2.29. The van der Waals surface area contributed by atoms with Crippen LogP contribution in [-0.4, -0.2) is 38.6 Å². The molecule has 0 saturated carbocycles. The minimum Gasteiger partial charge on any atom is -0.373 e. The predicted molar refractivity (Wildman–Crippen MR) is 72.3 cm³/mol. The minimum atomic E-state index is 0.559. The Labute approximate surface area is 99.9 Å². The lowest BCUT2D eigenvalue weighted by Crippen LogP contribution is -2.37. The van der Waals surface area contributed by atoms with Gasteiger partial charge in [-0.3, -0.25) is 0 Å². The summed E-state index contributed by atoms with van der Waals surface area (Å²) < 4.78 is 0. The molecule has 0 spiro atoms. The highest BCUT2D eigenvalue weighted by Crippen LogP contribution is 2.23. The van der Waals surface area contributed by atoms with Gasteiger partial charge >= 0.3 is 0 Å². The molecule has 1 atom stereocenters. The van der Waals surface area contributed by atoms with E-state index in [1.54, 1.807) is 0 Å². The Morgan fingerprint density at radius 2 is 1.56 bits per heavy atom. The molecule has 0 fully saturated rings. The predicted octanol–water partition coefficient (Wildman–Crippen LogP) is 2.69. The van der Waals surface area contributed by atoms with Crippen molar-refractivity contribution in [1.82, 2.24) is 4.90 Å². The lowest BCUT2D eigenvalue weighted by molar-refractivity contribution is 0.317. The molecule has 0 aliphatic carbocycles. The minimum absolute atomic E-state index is 0.559. The highest BCUT2D eigenvalue weighted by atomic mass is 15.2. The van der Waals surface area contributed by atoms with Crippen LogP contribution in [0.2, 0.25) is 0 Å². The molecule has 0 bridgehead atoms. The first-order valence-corrected chi connectivity index (χ1v) is 5.87. The van der Waals surface area contributed by atoms with Gasteiger partial charge in [0.25, 0.3) is 0 Å². The van der Waals surface area contributed by atoms with Crippen molar-refractivity contribution in [1.29, 1.82) is 0 Å². The Morgan fingerprint density at radius 3 is 2.00 bits per heavy atom. The number of likely N-dealkylation sites (N-methyl/N-ethyl adjacent to an activating group) is 2. The highest BCUT2D eigenvalue weighted by molar-refractivity contribution is 5.58. The smallest absolute Gasteiger partial charge is 0.0423 e. The first-order valence-electron chi connectivity index (χ1n) is 5.87. The Balaban J connectivity index is 2.84. The van der Waals surface area contributed by atoms with E-state index in [1.165, 1.54) is 16.8 Å². The van der Waals surface area contributed by atoms with Crippen LogP contribution in [0.3, 0.4) is 0 Å². The fourth-order valence-electron chi connectivity index (χ4n) is 2.06. The Kier molecular flexibility index (Phi) is 4.36. The maximum Gasteiger partial charge on any atom is 0.0423 e. The molecule has 0 aliphatic rings. The maximum absolute atomic E-state index is 2.36. The van der Waals surface area contributed by atoms with Gasteiger partial charge in [-0.2, -0.15) is 0 Å². The molecule has 2 heteroatoms. The third-order valence-electron chi connectivity index (χ3n) is 3.24. The maximum atomic E-state index is 2.36. The quantitative estimate of drug-likeness (QED) is 0.770. The molecule has 2 nitrogen and oxygen atoms in total. The van der Waals surface area contributed by atoms with Crippen LogP contribution in [0.25, 0.3) is 0 Å². The van der Waals surface area contributed by atoms with E-state index in [1.807, 2.05) is 0 Å². The van der Waals surface area contributed by atoms with E-state index in [2.05, 4.69) is 69.9 Å². The van der Waals surface area contributed by atoms with E-state index >= 15 is 0 Å². The van der Waals surface area contributed by atoms with E-state index in [0.29, 0.717) is 6.04 Å². The van der Waals surface area contributed by atoms with Crippen LogP contribution < -0.4 is 4.90 Å². The first-order chi connectivity index (χ1) is 7.43. The summed E-state index contributed by atoms with van der Waals surface area (Å²) in [6.45, 7) is 7.67. The molecular formula is C14H24N2. The summed E-state index contributed by atoms with van der Waals surface area (Å²) in [4.78, 5) is 4.61. The molecule has 1 aromatic carbocycles. The van der Waals surface area contributed by atoms with E-state index in [4.69, 9.17) is 0 Å². The molecule has 1 aromatic rings. The SMILES string of the molecule is Cc1cccc(C)c1N(C)CC(C)N(C)C. The molecule has 0 heterocycles. The van der Waals surface area contributed by atoms with Crippen LogP contribution in [0, 0.1) is 13.8 Å². The van der Waals surface area contributed by atoms with Crippen molar-refractivity contribution in [2.45, 2.75) is 26.8 Å². The fourth-order valence-corrected chi connectivity index (χ4v) is 2.06. The van der Waals surface area contributed by atoms with Crippen LogP contribution in [0.4, 0.5) is 5.69 Å². The summed E-state index contributed by atoms with van der Waals surface area (Å²) in [7, 11) is 6.43. The van der Waals surface area contributed by atoms with E-state index in [-0.39, 0.29) is 0 Å². The van der Waals surface area contributed by atoms with Crippen molar-refractivity contribution in [3.8, 4) is 0 Å². The van der Waals surface area contributed by atoms with Gasteiger partial charge in [0.15, 0.2) is 0 Å². The van der Waals surface area contributed by atoms with Crippen molar-refractivity contribution in [2.75, 3.05) is 32.6 Å². The number of aryl methyl sites for hydroxylation is 2. The van der Waals surface area contributed by atoms with Gasteiger partial charge in [-0.1, -0.05) is 18.2 Å². The number of anilines is 1. The molecule has 0 aromatic heterocycles. The number of hydrogen-bond acceptors (Lipinski definition) is 2. The number of rotatable bonds is 4. The number of hydrogen-bond donors (Lipinski definition) is 0. The van der Waals surface area contributed by atoms with Crippen molar-refractivity contribution >= 4 is 5.69 Å². The fraction of sp³-hybridized carbons (Fsp3) is 0.571. The van der Waals surface area contributed by atoms with Gasteiger partial charge in [0.1, 0.15) is 0 Å². The van der Waals surface area contributed by atoms with Gasteiger partial charge in [-0.15, -0.1) is 0 Å². The number of benzene rings is 1. The van der Waals surface area contributed by atoms with Crippen LogP contribution in [0.1, 0.15) is 18.1 Å².